The van der Waals surface area contributed by atoms with Gasteiger partial charge in [-0.3, -0.25) is 14.5 Å². The number of hydrogen-bond donors (Lipinski definition) is 1. The summed E-state index contributed by atoms with van der Waals surface area (Å²) in [7, 11) is 0. The van der Waals surface area contributed by atoms with Gasteiger partial charge in [0.05, 0.1) is 23.1 Å². The highest BCUT2D eigenvalue weighted by atomic mass is 35.5. The van der Waals surface area contributed by atoms with Gasteiger partial charge in [-0.05, 0) is 37.1 Å². The van der Waals surface area contributed by atoms with Gasteiger partial charge in [0.15, 0.2) is 0 Å². The summed E-state index contributed by atoms with van der Waals surface area (Å²) in [6.45, 7) is 0. The minimum absolute atomic E-state index is 0.111. The molecular formula is C15H12ClNO4. The van der Waals surface area contributed by atoms with Crippen molar-refractivity contribution < 1.29 is 19.5 Å². The van der Waals surface area contributed by atoms with Crippen molar-refractivity contribution in [3.8, 4) is 0 Å². The van der Waals surface area contributed by atoms with Crippen LogP contribution >= 0.6 is 11.6 Å². The third-order valence-electron chi connectivity index (χ3n) is 3.94. The molecule has 2 aliphatic rings. The molecule has 0 spiro atoms. The van der Waals surface area contributed by atoms with E-state index in [1.54, 1.807) is 6.08 Å². The number of nitrogens with zero attached hydrogens (tertiary/aromatic N) is 1. The number of imide groups is 1. The molecule has 21 heavy (non-hydrogen) atoms. The summed E-state index contributed by atoms with van der Waals surface area (Å²) in [4.78, 5) is 36.8. The molecule has 1 aliphatic carbocycles. The molecule has 1 aromatic carbocycles. The number of anilines is 1. The molecule has 0 aromatic heterocycles. The second kappa shape index (κ2) is 5.00. The van der Waals surface area contributed by atoms with Crippen molar-refractivity contribution in [3.05, 3.63) is 40.9 Å². The van der Waals surface area contributed by atoms with Gasteiger partial charge in [0.1, 0.15) is 0 Å². The van der Waals surface area contributed by atoms with E-state index in [1.807, 2.05) is 0 Å². The molecule has 0 radical (unpaired) electrons. The Bertz CT molecular complexity index is 665. The second-order valence-electron chi connectivity index (χ2n) is 5.17. The molecule has 0 unspecified atom stereocenters. The molecule has 6 heteroatoms. The number of aromatic carboxylic acids is 1. The molecule has 2 amide bonds. The van der Waals surface area contributed by atoms with Crippen molar-refractivity contribution in [1.82, 2.24) is 0 Å². The maximum absolute atomic E-state index is 12.4. The van der Waals surface area contributed by atoms with Gasteiger partial charge in [0.25, 0.3) is 0 Å². The van der Waals surface area contributed by atoms with E-state index in [1.165, 1.54) is 24.3 Å². The Labute approximate surface area is 125 Å². The first-order valence-corrected chi connectivity index (χ1v) is 6.92. The standard InChI is InChI=1S/C15H12ClNO4/c16-9-3-6-11-12(7-9)14(19)17(13(11)18)10-4-1-8(2-5-10)15(20)21/h1-5,11-12H,6-7H2,(H,20,21)/t11-,12-/m0/s1. The average molecular weight is 306 g/mol. The number of carbonyl (C=O) groups is 3. The van der Waals surface area contributed by atoms with Crippen molar-refractivity contribution in [2.24, 2.45) is 11.8 Å². The van der Waals surface area contributed by atoms with E-state index in [0.717, 1.165) is 4.90 Å². The maximum atomic E-state index is 12.4. The molecular weight excluding hydrogens is 294 g/mol. The second-order valence-corrected chi connectivity index (χ2v) is 5.65. The van der Waals surface area contributed by atoms with Crippen LogP contribution in [0.1, 0.15) is 23.2 Å². The summed E-state index contributed by atoms with van der Waals surface area (Å²) < 4.78 is 0. The Kier molecular flexibility index (Phi) is 3.29. The van der Waals surface area contributed by atoms with Crippen LogP contribution < -0.4 is 4.90 Å². The molecule has 2 atom stereocenters. The minimum Gasteiger partial charge on any atom is -0.478 e. The highest BCUT2D eigenvalue weighted by Gasteiger charge is 2.48. The smallest absolute Gasteiger partial charge is 0.335 e. The quantitative estimate of drug-likeness (QED) is 0.851. The number of rotatable bonds is 2. The van der Waals surface area contributed by atoms with Gasteiger partial charge in [0.2, 0.25) is 11.8 Å². The van der Waals surface area contributed by atoms with Gasteiger partial charge in [-0.15, -0.1) is 0 Å². The fraction of sp³-hybridized carbons (Fsp3) is 0.267. The Morgan fingerprint density at radius 3 is 2.38 bits per heavy atom. The van der Waals surface area contributed by atoms with Gasteiger partial charge >= 0.3 is 5.97 Å². The molecule has 5 nitrogen and oxygen atoms in total. The first kappa shape index (κ1) is 13.8. The normalized spacial score (nSPS) is 24.8. The number of amides is 2. The lowest BCUT2D eigenvalue weighted by molar-refractivity contribution is -0.122. The Morgan fingerprint density at radius 1 is 1.14 bits per heavy atom. The number of halogens is 1. The molecule has 108 valence electrons. The van der Waals surface area contributed by atoms with Crippen LogP contribution in [0.3, 0.4) is 0 Å². The van der Waals surface area contributed by atoms with Crippen molar-refractivity contribution in [2.45, 2.75) is 12.8 Å². The minimum atomic E-state index is -1.05. The van der Waals surface area contributed by atoms with Crippen LogP contribution in [-0.2, 0) is 9.59 Å². The van der Waals surface area contributed by atoms with Crippen LogP contribution in [0, 0.1) is 11.8 Å². The van der Waals surface area contributed by atoms with Crippen LogP contribution in [0.25, 0.3) is 0 Å². The monoisotopic (exact) mass is 305 g/mol. The summed E-state index contributed by atoms with van der Waals surface area (Å²) in [6.07, 6.45) is 2.64. The highest BCUT2D eigenvalue weighted by molar-refractivity contribution is 6.30. The summed E-state index contributed by atoms with van der Waals surface area (Å²) in [5, 5.41) is 9.49. The lowest BCUT2D eigenvalue weighted by Gasteiger charge is -2.17. The van der Waals surface area contributed by atoms with Gasteiger partial charge in [-0.1, -0.05) is 17.7 Å². The first-order valence-electron chi connectivity index (χ1n) is 6.54. The van der Waals surface area contributed by atoms with Gasteiger partial charge in [-0.2, -0.15) is 0 Å². The maximum Gasteiger partial charge on any atom is 0.335 e. The van der Waals surface area contributed by atoms with Crippen LogP contribution in [0.4, 0.5) is 5.69 Å². The molecule has 1 heterocycles. The van der Waals surface area contributed by atoms with Crippen LogP contribution in [0.2, 0.25) is 0 Å². The Hall–Kier alpha value is -2.14. The zero-order chi connectivity index (χ0) is 15.1. The Morgan fingerprint density at radius 2 is 1.76 bits per heavy atom. The summed E-state index contributed by atoms with van der Waals surface area (Å²) >= 11 is 5.96. The van der Waals surface area contributed by atoms with E-state index in [-0.39, 0.29) is 23.3 Å². The molecule has 1 fully saturated rings. The van der Waals surface area contributed by atoms with Gasteiger partial charge in [0, 0.05) is 5.03 Å². The van der Waals surface area contributed by atoms with E-state index >= 15 is 0 Å². The zero-order valence-electron chi connectivity index (χ0n) is 11.0. The third-order valence-corrected chi connectivity index (χ3v) is 4.25. The van der Waals surface area contributed by atoms with Gasteiger partial charge in [-0.25, -0.2) is 4.79 Å². The molecule has 1 saturated heterocycles. The van der Waals surface area contributed by atoms with E-state index < -0.39 is 11.9 Å². The Balaban J connectivity index is 1.91. The largest absolute Gasteiger partial charge is 0.478 e. The van der Waals surface area contributed by atoms with Crippen molar-refractivity contribution >= 4 is 35.1 Å². The highest BCUT2D eigenvalue weighted by Crippen LogP contribution is 2.40. The fourth-order valence-corrected chi connectivity index (χ4v) is 3.09. The fourth-order valence-electron chi connectivity index (χ4n) is 2.83. The van der Waals surface area contributed by atoms with E-state index in [0.29, 0.717) is 23.6 Å². The molecule has 1 aromatic rings. The lowest BCUT2D eigenvalue weighted by Crippen LogP contribution is -2.30. The van der Waals surface area contributed by atoms with Crippen molar-refractivity contribution in [1.29, 1.82) is 0 Å². The number of carbonyl (C=O) groups excluding carboxylic acids is 2. The van der Waals surface area contributed by atoms with Crippen LogP contribution in [-0.4, -0.2) is 22.9 Å². The topological polar surface area (TPSA) is 74.7 Å². The lowest BCUT2D eigenvalue weighted by atomic mass is 9.85. The number of hydrogen-bond acceptors (Lipinski definition) is 3. The number of carboxylic acids is 1. The number of allylic oxidation sites excluding steroid dienone is 2. The zero-order valence-corrected chi connectivity index (χ0v) is 11.7. The molecule has 0 bridgehead atoms. The number of carboxylic acid groups (broad SMARTS) is 1. The predicted octanol–water partition coefficient (Wildman–Crippen LogP) is 2.41. The molecule has 3 rings (SSSR count). The predicted molar refractivity (Wildman–Crippen MR) is 76.0 cm³/mol. The average Bonchev–Trinajstić information content (AvgIpc) is 2.70. The molecule has 1 N–H and O–H groups in total. The molecule has 1 aliphatic heterocycles. The summed E-state index contributed by atoms with van der Waals surface area (Å²) in [6, 6.07) is 5.72. The van der Waals surface area contributed by atoms with Crippen molar-refractivity contribution in [2.75, 3.05) is 4.90 Å². The van der Waals surface area contributed by atoms with Gasteiger partial charge < -0.3 is 5.11 Å². The number of fused-ring (bicyclic) bond motifs is 1. The third kappa shape index (κ3) is 2.23. The summed E-state index contributed by atoms with van der Waals surface area (Å²) in [5.41, 5.74) is 0.514. The van der Waals surface area contributed by atoms with E-state index in [2.05, 4.69) is 0 Å². The van der Waals surface area contributed by atoms with E-state index in [9.17, 15) is 14.4 Å². The first-order chi connectivity index (χ1) is 9.99. The van der Waals surface area contributed by atoms with Crippen LogP contribution in [0.15, 0.2) is 35.4 Å². The SMILES string of the molecule is O=C(O)c1ccc(N2C(=O)[C@H]3CC=C(Cl)C[C@@H]3C2=O)cc1. The summed E-state index contributed by atoms with van der Waals surface area (Å²) in [5.74, 6) is -2.33. The number of benzene rings is 1. The van der Waals surface area contributed by atoms with E-state index in [4.69, 9.17) is 16.7 Å². The van der Waals surface area contributed by atoms with Crippen molar-refractivity contribution in [3.63, 3.8) is 0 Å². The van der Waals surface area contributed by atoms with Crippen LogP contribution in [0.5, 0.6) is 0 Å². The molecule has 0 saturated carbocycles.